The van der Waals surface area contributed by atoms with E-state index in [2.05, 4.69) is 32.7 Å². The van der Waals surface area contributed by atoms with Crippen LogP contribution >= 0.6 is 0 Å². The molecular formula is C46H46N4O8. The molecule has 1 saturated heterocycles. The molecule has 1 aromatic heterocycles. The maximum atomic E-state index is 12.8. The Morgan fingerprint density at radius 3 is 2.41 bits per heavy atom. The van der Waals surface area contributed by atoms with Gasteiger partial charge in [0.15, 0.2) is 0 Å². The number of hydrogen-bond acceptors (Lipinski definition) is 9. The molecule has 0 saturated carbocycles. The van der Waals surface area contributed by atoms with E-state index >= 15 is 0 Å². The summed E-state index contributed by atoms with van der Waals surface area (Å²) >= 11 is 0. The number of fused-ring (bicyclic) bond motifs is 1. The second-order valence-electron chi connectivity index (χ2n) is 14.6. The lowest BCUT2D eigenvalue weighted by atomic mass is 9.78. The molecule has 5 aromatic carbocycles. The first-order chi connectivity index (χ1) is 28.1. The number of aromatic nitrogens is 1. The molecule has 1 aliphatic heterocycles. The molecule has 7 N–H and O–H groups in total. The number of carbonyl (C=O) groups excluding carboxylic acids is 1. The van der Waals surface area contributed by atoms with Crippen molar-refractivity contribution in [2.24, 2.45) is 0 Å². The van der Waals surface area contributed by atoms with Crippen molar-refractivity contribution in [2.75, 3.05) is 32.8 Å². The van der Waals surface area contributed by atoms with E-state index in [0.717, 1.165) is 30.8 Å². The van der Waals surface area contributed by atoms with Crippen LogP contribution in [0.1, 0.15) is 62.2 Å². The molecule has 1 amide bonds. The van der Waals surface area contributed by atoms with Crippen LogP contribution in [-0.2, 0) is 23.5 Å². The zero-order chi connectivity index (χ0) is 40.6. The summed E-state index contributed by atoms with van der Waals surface area (Å²) in [6, 6.07) is 37.0. The number of carboxylic acid groups (broad SMARTS) is 1. The number of aliphatic hydroxyl groups is 2. The van der Waals surface area contributed by atoms with Gasteiger partial charge >= 0.3 is 5.97 Å². The number of benzene rings is 5. The van der Waals surface area contributed by atoms with E-state index in [1.807, 2.05) is 42.5 Å². The Morgan fingerprint density at radius 1 is 0.879 bits per heavy atom. The van der Waals surface area contributed by atoms with Crippen LogP contribution in [-0.4, -0.2) is 75.0 Å². The number of aromatic hydroxyl groups is 1. The first kappa shape index (κ1) is 39.9. The number of aliphatic carboxylic acids is 1. The number of nitrogens with one attached hydrogen (secondary N) is 3. The molecule has 12 nitrogen and oxygen atoms in total. The average Bonchev–Trinajstić information content (AvgIpc) is 3.22. The van der Waals surface area contributed by atoms with Crippen LogP contribution in [0.4, 0.5) is 0 Å². The minimum absolute atomic E-state index is 0.0716. The number of likely N-dealkylation sites (tertiary alicyclic amines) is 1. The largest absolute Gasteiger partial charge is 0.506 e. The summed E-state index contributed by atoms with van der Waals surface area (Å²) < 4.78 is 5.94. The maximum absolute atomic E-state index is 12.8. The average molecular weight is 783 g/mol. The molecule has 2 heterocycles. The second-order valence-corrected chi connectivity index (χ2v) is 14.6. The Hall–Kier alpha value is -6.31. The van der Waals surface area contributed by atoms with Crippen LogP contribution in [0.3, 0.4) is 0 Å². The highest BCUT2D eigenvalue weighted by Gasteiger charge is 2.44. The van der Waals surface area contributed by atoms with Crippen LogP contribution in [0.25, 0.3) is 10.9 Å². The predicted molar refractivity (Wildman–Crippen MR) is 220 cm³/mol. The van der Waals surface area contributed by atoms with Gasteiger partial charge in [-0.1, -0.05) is 84.9 Å². The number of H-pyrrole nitrogens is 1. The van der Waals surface area contributed by atoms with Gasteiger partial charge in [0, 0.05) is 73.3 Å². The van der Waals surface area contributed by atoms with Crippen molar-refractivity contribution >= 4 is 22.8 Å². The fraction of sp³-hybridized carbons (Fsp3) is 0.239. The molecule has 0 spiro atoms. The molecule has 6 aromatic rings. The fourth-order valence-electron chi connectivity index (χ4n) is 7.48. The van der Waals surface area contributed by atoms with Crippen molar-refractivity contribution in [1.82, 2.24) is 20.5 Å². The van der Waals surface area contributed by atoms with E-state index in [-0.39, 0.29) is 47.4 Å². The molecule has 2 atom stereocenters. The van der Waals surface area contributed by atoms with Gasteiger partial charge in [0.1, 0.15) is 11.5 Å². The summed E-state index contributed by atoms with van der Waals surface area (Å²) in [7, 11) is 0. The number of rotatable bonds is 17. The Morgan fingerprint density at radius 2 is 1.64 bits per heavy atom. The van der Waals surface area contributed by atoms with Gasteiger partial charge in [-0.15, -0.1) is 0 Å². The van der Waals surface area contributed by atoms with Crippen molar-refractivity contribution < 1.29 is 34.8 Å². The number of carboxylic acids is 1. The van der Waals surface area contributed by atoms with E-state index in [1.165, 1.54) is 17.7 Å². The maximum Gasteiger partial charge on any atom is 0.345 e. The number of aromatic amines is 1. The van der Waals surface area contributed by atoms with Crippen LogP contribution in [0.15, 0.2) is 132 Å². The molecule has 0 radical (unpaired) electrons. The minimum atomic E-state index is -2.29. The summed E-state index contributed by atoms with van der Waals surface area (Å²) in [5.41, 5.74) is 2.16. The molecule has 58 heavy (non-hydrogen) atoms. The van der Waals surface area contributed by atoms with E-state index < -0.39 is 17.7 Å². The normalized spacial score (nSPS) is 14.7. The van der Waals surface area contributed by atoms with Gasteiger partial charge in [0.25, 0.3) is 5.91 Å². The SMILES string of the molecule is O=C(NCCCOc1cccc([C@@](O)(C(=O)O)c2ccccc2C2CN(Cc3ccccc3)C2)c1)c1ccc(CNC[C@H](O)c2ccc(O)c3[nH]c(=O)ccc23)cc1. The smallest absolute Gasteiger partial charge is 0.345 e. The van der Waals surface area contributed by atoms with Crippen molar-refractivity contribution in [2.45, 2.75) is 37.1 Å². The third kappa shape index (κ3) is 8.96. The Kier molecular flexibility index (Phi) is 12.3. The lowest BCUT2D eigenvalue weighted by Gasteiger charge is -2.41. The van der Waals surface area contributed by atoms with Gasteiger partial charge in [-0.2, -0.15) is 0 Å². The second kappa shape index (κ2) is 17.9. The van der Waals surface area contributed by atoms with E-state index in [9.17, 15) is 34.8 Å². The highest BCUT2D eigenvalue weighted by Crippen LogP contribution is 2.39. The highest BCUT2D eigenvalue weighted by molar-refractivity contribution is 5.94. The van der Waals surface area contributed by atoms with Gasteiger partial charge in [0.05, 0.1) is 18.2 Å². The number of phenolic OH excluding ortho intramolecular Hbond substituents is 1. The van der Waals surface area contributed by atoms with Crippen molar-refractivity contribution in [3.63, 3.8) is 0 Å². The fourth-order valence-corrected chi connectivity index (χ4v) is 7.48. The first-order valence-corrected chi connectivity index (χ1v) is 19.3. The number of phenols is 1. The van der Waals surface area contributed by atoms with E-state index in [0.29, 0.717) is 47.3 Å². The predicted octanol–water partition coefficient (Wildman–Crippen LogP) is 5.18. The van der Waals surface area contributed by atoms with Gasteiger partial charge in [-0.3, -0.25) is 14.5 Å². The summed E-state index contributed by atoms with van der Waals surface area (Å²) in [5.74, 6) is -1.20. The molecule has 12 heteroatoms. The molecular weight excluding hydrogens is 737 g/mol. The van der Waals surface area contributed by atoms with Crippen molar-refractivity contribution in [3.05, 3.63) is 177 Å². The van der Waals surface area contributed by atoms with Gasteiger partial charge in [-0.05, 0) is 65.1 Å². The molecule has 0 aliphatic carbocycles. The molecule has 1 fully saturated rings. The van der Waals surface area contributed by atoms with Crippen molar-refractivity contribution in [1.29, 1.82) is 0 Å². The van der Waals surface area contributed by atoms with Gasteiger partial charge in [-0.25, -0.2) is 4.79 Å². The Labute approximate surface area is 335 Å². The quantitative estimate of drug-likeness (QED) is 0.0609. The summed E-state index contributed by atoms with van der Waals surface area (Å²) in [6.07, 6.45) is -0.406. The van der Waals surface area contributed by atoms with Gasteiger partial charge in [0.2, 0.25) is 11.2 Å². The van der Waals surface area contributed by atoms with Crippen molar-refractivity contribution in [3.8, 4) is 11.5 Å². The standard InChI is InChI=1S/C46H46N4O8/c51-40-20-18-37(38-19-21-42(53)49-43(38)40)41(52)26-47-25-30-14-16-32(17-15-30)44(54)48-22-7-23-58-35-11-6-10-34(24-35)46(57,45(55)56)39-13-5-4-12-36(39)33-28-50(29-33)27-31-8-2-1-3-9-31/h1-6,8-21,24,33,41,47,51-52,57H,7,22-23,25-29H2,(H,48,54)(H,49,53)(H,55,56)/t41-,46-/m0/s1. The van der Waals surface area contributed by atoms with Crippen LogP contribution < -0.4 is 20.9 Å². The zero-order valence-corrected chi connectivity index (χ0v) is 31.8. The topological polar surface area (TPSA) is 184 Å². The third-order valence-corrected chi connectivity index (χ3v) is 10.6. The third-order valence-electron chi connectivity index (χ3n) is 10.6. The van der Waals surface area contributed by atoms with Crippen LogP contribution in [0.5, 0.6) is 11.5 Å². The number of aliphatic hydroxyl groups excluding tert-OH is 1. The monoisotopic (exact) mass is 782 g/mol. The van der Waals surface area contributed by atoms with Crippen LogP contribution in [0.2, 0.25) is 0 Å². The Balaban J connectivity index is 0.876. The molecule has 0 unspecified atom stereocenters. The number of ether oxygens (including phenoxy) is 1. The number of nitrogens with zero attached hydrogens (tertiary/aromatic N) is 1. The molecule has 1 aliphatic rings. The molecule has 298 valence electrons. The summed E-state index contributed by atoms with van der Waals surface area (Å²) in [6.45, 7) is 3.57. The lowest BCUT2D eigenvalue weighted by molar-refractivity contribution is -0.155. The Bertz CT molecular complexity index is 2430. The van der Waals surface area contributed by atoms with Crippen LogP contribution in [0, 0.1) is 0 Å². The number of amides is 1. The number of pyridine rings is 1. The van der Waals surface area contributed by atoms with E-state index in [1.54, 1.807) is 60.7 Å². The lowest BCUT2D eigenvalue weighted by Crippen LogP contribution is -2.46. The van der Waals surface area contributed by atoms with Gasteiger partial charge < -0.3 is 40.8 Å². The van der Waals surface area contributed by atoms with E-state index in [4.69, 9.17) is 4.74 Å². The zero-order valence-electron chi connectivity index (χ0n) is 31.8. The first-order valence-electron chi connectivity index (χ1n) is 19.3. The highest BCUT2D eigenvalue weighted by atomic mass is 16.5. The summed E-state index contributed by atoms with van der Waals surface area (Å²) in [5, 5.41) is 49.9. The number of carbonyl (C=O) groups is 2. The molecule has 7 rings (SSSR count). The number of hydrogen-bond donors (Lipinski definition) is 7. The molecule has 0 bridgehead atoms. The summed E-state index contributed by atoms with van der Waals surface area (Å²) in [4.78, 5) is 42.2. The minimum Gasteiger partial charge on any atom is -0.506 e.